The van der Waals surface area contributed by atoms with Crippen LogP contribution in [0.3, 0.4) is 0 Å². The molecule has 0 saturated carbocycles. The molecule has 6 nitrogen and oxygen atoms in total. The quantitative estimate of drug-likeness (QED) is 0.760. The van der Waals surface area contributed by atoms with Crippen molar-refractivity contribution >= 4 is 26.7 Å². The number of anilines is 1. The van der Waals surface area contributed by atoms with Crippen molar-refractivity contribution in [2.45, 2.75) is 25.7 Å². The first kappa shape index (κ1) is 16.3. The third kappa shape index (κ3) is 2.94. The van der Waals surface area contributed by atoms with Gasteiger partial charge in [-0.2, -0.15) is 0 Å². The number of aromatic amines is 1. The molecule has 7 heteroatoms. The first-order valence-corrected chi connectivity index (χ1v) is 8.93. The molecule has 24 heavy (non-hydrogen) atoms. The van der Waals surface area contributed by atoms with Gasteiger partial charge in [-0.1, -0.05) is 0 Å². The van der Waals surface area contributed by atoms with E-state index in [4.69, 9.17) is 4.74 Å². The van der Waals surface area contributed by atoms with Crippen LogP contribution < -0.4 is 9.46 Å². The number of ether oxygens (including phenoxy) is 1. The number of nitrogens with zero attached hydrogens (tertiary/aromatic N) is 1. The molecule has 0 fully saturated rings. The average Bonchev–Trinajstić information content (AvgIpc) is 2.88. The summed E-state index contributed by atoms with van der Waals surface area (Å²) in [4.78, 5) is 7.52. The Morgan fingerprint density at radius 2 is 1.79 bits per heavy atom. The standard InChI is InChI=1S/C17H19N3O3S/c1-10-7-16(23-4)17(8-11(10)2)24(21,22)20-13-5-6-14-15(9-13)19-12(3)18-14/h5-9,20H,1-4H3,(H,18,19). The normalized spacial score (nSPS) is 11.7. The molecular weight excluding hydrogens is 326 g/mol. The molecule has 0 bridgehead atoms. The minimum Gasteiger partial charge on any atom is -0.495 e. The van der Waals surface area contributed by atoms with Crippen molar-refractivity contribution in [1.29, 1.82) is 0 Å². The summed E-state index contributed by atoms with van der Waals surface area (Å²) in [6.45, 7) is 5.63. The zero-order valence-corrected chi connectivity index (χ0v) is 14.8. The van der Waals surface area contributed by atoms with Crippen LogP contribution in [-0.2, 0) is 10.0 Å². The van der Waals surface area contributed by atoms with Gasteiger partial charge in [0.15, 0.2) is 0 Å². The van der Waals surface area contributed by atoms with E-state index in [-0.39, 0.29) is 4.90 Å². The van der Waals surface area contributed by atoms with Crippen molar-refractivity contribution in [3.05, 3.63) is 47.3 Å². The van der Waals surface area contributed by atoms with Crippen molar-refractivity contribution in [2.24, 2.45) is 0 Å². The van der Waals surface area contributed by atoms with Crippen LogP contribution in [0.2, 0.25) is 0 Å². The lowest BCUT2D eigenvalue weighted by Crippen LogP contribution is -2.14. The third-order valence-electron chi connectivity index (χ3n) is 3.92. The highest BCUT2D eigenvalue weighted by atomic mass is 32.2. The maximum absolute atomic E-state index is 12.8. The number of hydrogen-bond acceptors (Lipinski definition) is 4. The van der Waals surface area contributed by atoms with E-state index in [0.717, 1.165) is 28.0 Å². The minimum atomic E-state index is -3.77. The molecule has 0 unspecified atom stereocenters. The maximum Gasteiger partial charge on any atom is 0.265 e. The van der Waals surface area contributed by atoms with Gasteiger partial charge in [-0.3, -0.25) is 4.72 Å². The van der Waals surface area contributed by atoms with Crippen LogP contribution in [0.1, 0.15) is 17.0 Å². The lowest BCUT2D eigenvalue weighted by molar-refractivity contribution is 0.402. The van der Waals surface area contributed by atoms with Crippen molar-refractivity contribution in [3.63, 3.8) is 0 Å². The second kappa shape index (κ2) is 5.83. The summed E-state index contributed by atoms with van der Waals surface area (Å²) >= 11 is 0. The molecule has 2 aromatic carbocycles. The van der Waals surface area contributed by atoms with E-state index in [0.29, 0.717) is 11.4 Å². The second-order valence-electron chi connectivity index (χ2n) is 5.75. The molecule has 0 atom stereocenters. The number of fused-ring (bicyclic) bond motifs is 1. The number of H-pyrrole nitrogens is 1. The van der Waals surface area contributed by atoms with E-state index < -0.39 is 10.0 Å². The summed E-state index contributed by atoms with van der Waals surface area (Å²) in [5, 5.41) is 0. The first-order valence-electron chi connectivity index (χ1n) is 7.44. The summed E-state index contributed by atoms with van der Waals surface area (Å²) in [5.74, 6) is 1.10. The van der Waals surface area contributed by atoms with Crippen LogP contribution >= 0.6 is 0 Å². The Kier molecular flexibility index (Phi) is 3.96. The molecule has 126 valence electrons. The highest BCUT2D eigenvalue weighted by Gasteiger charge is 2.21. The lowest BCUT2D eigenvalue weighted by Gasteiger charge is -2.14. The molecule has 2 N–H and O–H groups in total. The van der Waals surface area contributed by atoms with Gasteiger partial charge in [-0.15, -0.1) is 0 Å². The summed E-state index contributed by atoms with van der Waals surface area (Å²) in [6, 6.07) is 8.53. The van der Waals surface area contributed by atoms with Crippen LogP contribution in [0.4, 0.5) is 5.69 Å². The summed E-state index contributed by atoms with van der Waals surface area (Å²) < 4.78 is 33.4. The Morgan fingerprint density at radius 3 is 2.50 bits per heavy atom. The molecule has 0 radical (unpaired) electrons. The fourth-order valence-electron chi connectivity index (χ4n) is 2.54. The van der Waals surface area contributed by atoms with E-state index in [9.17, 15) is 8.42 Å². The number of nitrogens with one attached hydrogen (secondary N) is 2. The van der Waals surface area contributed by atoms with Crippen LogP contribution in [0, 0.1) is 20.8 Å². The van der Waals surface area contributed by atoms with Gasteiger partial charge < -0.3 is 9.72 Å². The Balaban J connectivity index is 2.02. The second-order valence-corrected chi connectivity index (χ2v) is 7.40. The number of rotatable bonds is 4. The molecule has 0 aliphatic heterocycles. The fraction of sp³-hybridized carbons (Fsp3) is 0.235. The molecule has 1 heterocycles. The predicted octanol–water partition coefficient (Wildman–Crippen LogP) is 3.30. The number of aromatic nitrogens is 2. The summed E-state index contributed by atoms with van der Waals surface area (Å²) in [7, 11) is -2.31. The molecular formula is C17H19N3O3S. The van der Waals surface area contributed by atoms with Crippen molar-refractivity contribution in [2.75, 3.05) is 11.8 Å². The van der Waals surface area contributed by atoms with Gasteiger partial charge in [-0.25, -0.2) is 13.4 Å². The Bertz CT molecular complexity index is 1020. The van der Waals surface area contributed by atoms with Crippen LogP contribution in [0.5, 0.6) is 5.75 Å². The first-order chi connectivity index (χ1) is 11.3. The van der Waals surface area contributed by atoms with Crippen LogP contribution in [0.15, 0.2) is 35.2 Å². The molecule has 3 rings (SSSR count). The van der Waals surface area contributed by atoms with E-state index in [1.54, 1.807) is 30.3 Å². The Morgan fingerprint density at radius 1 is 1.08 bits per heavy atom. The lowest BCUT2D eigenvalue weighted by atomic mass is 10.1. The zero-order chi connectivity index (χ0) is 17.5. The minimum absolute atomic E-state index is 0.119. The molecule has 0 spiro atoms. The van der Waals surface area contributed by atoms with Gasteiger partial charge in [0, 0.05) is 0 Å². The van der Waals surface area contributed by atoms with E-state index in [2.05, 4.69) is 14.7 Å². The highest BCUT2D eigenvalue weighted by Crippen LogP contribution is 2.29. The Hall–Kier alpha value is -2.54. The SMILES string of the molecule is COc1cc(C)c(C)cc1S(=O)(=O)Nc1ccc2nc(C)[nH]c2c1. The zero-order valence-electron chi connectivity index (χ0n) is 14.0. The maximum atomic E-state index is 12.8. The molecule has 0 aliphatic carbocycles. The molecule has 3 aromatic rings. The number of benzene rings is 2. The van der Waals surface area contributed by atoms with E-state index >= 15 is 0 Å². The van der Waals surface area contributed by atoms with Crippen molar-refractivity contribution in [3.8, 4) is 5.75 Å². The summed E-state index contributed by atoms with van der Waals surface area (Å²) in [6.07, 6.45) is 0. The molecule has 0 aliphatic rings. The molecule has 0 amide bonds. The highest BCUT2D eigenvalue weighted by molar-refractivity contribution is 7.92. The summed E-state index contributed by atoms with van der Waals surface area (Å²) in [5.41, 5.74) is 3.89. The van der Waals surface area contributed by atoms with E-state index in [1.165, 1.54) is 7.11 Å². The van der Waals surface area contributed by atoms with Gasteiger partial charge in [0.2, 0.25) is 0 Å². The molecule has 1 aromatic heterocycles. The van der Waals surface area contributed by atoms with Gasteiger partial charge in [0.05, 0.1) is 23.8 Å². The van der Waals surface area contributed by atoms with Gasteiger partial charge in [-0.05, 0) is 62.2 Å². The van der Waals surface area contributed by atoms with E-state index in [1.807, 2.05) is 20.8 Å². The van der Waals surface area contributed by atoms with Crippen molar-refractivity contribution < 1.29 is 13.2 Å². The van der Waals surface area contributed by atoms with Gasteiger partial charge in [0.1, 0.15) is 16.5 Å². The number of sulfonamides is 1. The fourth-order valence-corrected chi connectivity index (χ4v) is 3.83. The number of aryl methyl sites for hydroxylation is 3. The number of hydrogen-bond donors (Lipinski definition) is 2. The van der Waals surface area contributed by atoms with Crippen molar-refractivity contribution in [1.82, 2.24) is 9.97 Å². The average molecular weight is 345 g/mol. The predicted molar refractivity (Wildman–Crippen MR) is 94.1 cm³/mol. The largest absolute Gasteiger partial charge is 0.495 e. The van der Waals surface area contributed by atoms with Gasteiger partial charge in [0.25, 0.3) is 10.0 Å². The van der Waals surface area contributed by atoms with Crippen LogP contribution in [-0.4, -0.2) is 25.5 Å². The number of imidazole rings is 1. The monoisotopic (exact) mass is 345 g/mol. The third-order valence-corrected chi connectivity index (χ3v) is 5.32. The van der Waals surface area contributed by atoms with Gasteiger partial charge >= 0.3 is 0 Å². The molecule has 0 saturated heterocycles. The Labute approximate surface area is 140 Å². The number of methoxy groups -OCH3 is 1. The topological polar surface area (TPSA) is 84.1 Å². The van der Waals surface area contributed by atoms with Crippen LogP contribution in [0.25, 0.3) is 11.0 Å². The smallest absolute Gasteiger partial charge is 0.265 e.